The van der Waals surface area contributed by atoms with E-state index in [2.05, 4.69) is 10.6 Å². The number of sulfone groups is 1. The minimum atomic E-state index is -3.03. The van der Waals surface area contributed by atoms with Gasteiger partial charge in [-0.1, -0.05) is 30.3 Å². The average molecular weight is 350 g/mol. The van der Waals surface area contributed by atoms with Gasteiger partial charge in [-0.15, -0.1) is 0 Å². The zero-order valence-corrected chi connectivity index (χ0v) is 14.2. The smallest absolute Gasteiger partial charge is 0.239 e. The van der Waals surface area contributed by atoms with Crippen molar-refractivity contribution in [2.75, 3.05) is 18.1 Å². The Kier molecular flexibility index (Phi) is 4.89. The second kappa shape index (κ2) is 6.93. The standard InChI is InChI=1S/C17H22N2O4S/c20-15(19-14-8-9-24(22,23)11-14)10-18-17(21)16(13-6-7-13)12-4-2-1-3-5-12/h1-5,13-14,16H,6-11H2,(H,18,21)(H,19,20). The highest BCUT2D eigenvalue weighted by Gasteiger charge is 2.37. The summed E-state index contributed by atoms with van der Waals surface area (Å²) < 4.78 is 22.8. The lowest BCUT2D eigenvalue weighted by atomic mass is 9.93. The molecule has 0 radical (unpaired) electrons. The zero-order valence-electron chi connectivity index (χ0n) is 13.4. The SMILES string of the molecule is O=C(CNC(=O)C(c1ccccc1)C1CC1)NC1CCS(=O)(=O)C1. The Balaban J connectivity index is 1.52. The molecule has 7 heteroatoms. The van der Waals surface area contributed by atoms with Crippen LogP contribution >= 0.6 is 0 Å². The minimum Gasteiger partial charge on any atom is -0.351 e. The van der Waals surface area contributed by atoms with Gasteiger partial charge in [0.15, 0.2) is 9.84 Å². The summed E-state index contributed by atoms with van der Waals surface area (Å²) in [6, 6.07) is 9.26. The van der Waals surface area contributed by atoms with Gasteiger partial charge in [0.1, 0.15) is 0 Å². The number of amides is 2. The Hall–Kier alpha value is -1.89. The Morgan fingerprint density at radius 3 is 2.42 bits per heavy atom. The summed E-state index contributed by atoms with van der Waals surface area (Å²) in [6.07, 6.45) is 2.49. The van der Waals surface area contributed by atoms with Crippen molar-refractivity contribution in [3.8, 4) is 0 Å². The van der Waals surface area contributed by atoms with E-state index in [0.717, 1.165) is 18.4 Å². The first-order valence-corrected chi connectivity index (χ1v) is 10.1. The van der Waals surface area contributed by atoms with E-state index < -0.39 is 9.84 Å². The molecule has 2 unspecified atom stereocenters. The predicted molar refractivity (Wildman–Crippen MR) is 90.1 cm³/mol. The third-order valence-electron chi connectivity index (χ3n) is 4.56. The molecule has 0 aromatic heterocycles. The van der Waals surface area contributed by atoms with Gasteiger partial charge in [-0.05, 0) is 30.7 Å². The molecule has 1 saturated heterocycles. The van der Waals surface area contributed by atoms with Crippen molar-refractivity contribution >= 4 is 21.7 Å². The first-order valence-electron chi connectivity index (χ1n) is 8.27. The van der Waals surface area contributed by atoms with Gasteiger partial charge in [0.25, 0.3) is 0 Å². The molecule has 1 aromatic rings. The van der Waals surface area contributed by atoms with E-state index >= 15 is 0 Å². The molecular formula is C17H22N2O4S. The van der Waals surface area contributed by atoms with E-state index in [-0.39, 0.29) is 41.8 Å². The third kappa shape index (κ3) is 4.35. The van der Waals surface area contributed by atoms with Crippen LogP contribution in [-0.4, -0.2) is 44.3 Å². The summed E-state index contributed by atoms with van der Waals surface area (Å²) in [5, 5.41) is 5.38. The van der Waals surface area contributed by atoms with Crippen LogP contribution in [0.15, 0.2) is 30.3 Å². The first kappa shape index (κ1) is 17.0. The van der Waals surface area contributed by atoms with Crippen LogP contribution in [0.2, 0.25) is 0 Å². The Labute approximate surface area is 141 Å². The topological polar surface area (TPSA) is 92.3 Å². The number of nitrogens with one attached hydrogen (secondary N) is 2. The molecule has 3 rings (SSSR count). The largest absolute Gasteiger partial charge is 0.351 e. The maximum absolute atomic E-state index is 12.5. The highest BCUT2D eigenvalue weighted by atomic mass is 32.2. The second-order valence-corrected chi connectivity index (χ2v) is 8.84. The summed E-state index contributed by atoms with van der Waals surface area (Å²) in [5.41, 5.74) is 0.972. The number of hydrogen-bond acceptors (Lipinski definition) is 4. The van der Waals surface area contributed by atoms with E-state index in [1.165, 1.54) is 0 Å². The summed E-state index contributed by atoms with van der Waals surface area (Å²) in [5.74, 6) is -0.254. The van der Waals surface area contributed by atoms with Crippen LogP contribution in [0.5, 0.6) is 0 Å². The molecule has 1 aliphatic heterocycles. The van der Waals surface area contributed by atoms with Crippen molar-refractivity contribution in [3.63, 3.8) is 0 Å². The molecular weight excluding hydrogens is 328 g/mol. The lowest BCUT2D eigenvalue weighted by Crippen LogP contribution is -2.43. The number of hydrogen-bond donors (Lipinski definition) is 2. The zero-order chi connectivity index (χ0) is 17.2. The van der Waals surface area contributed by atoms with Gasteiger partial charge in [-0.25, -0.2) is 8.42 Å². The summed E-state index contributed by atoms with van der Waals surface area (Å²) >= 11 is 0. The molecule has 2 amide bonds. The van der Waals surface area contributed by atoms with Gasteiger partial charge in [0, 0.05) is 6.04 Å². The van der Waals surface area contributed by atoms with E-state index in [1.807, 2.05) is 30.3 Å². The Morgan fingerprint density at radius 1 is 1.12 bits per heavy atom. The van der Waals surface area contributed by atoms with E-state index in [9.17, 15) is 18.0 Å². The average Bonchev–Trinajstić information content (AvgIpc) is 3.31. The van der Waals surface area contributed by atoms with Gasteiger partial charge in [-0.3, -0.25) is 9.59 Å². The Morgan fingerprint density at radius 2 is 1.83 bits per heavy atom. The third-order valence-corrected chi connectivity index (χ3v) is 6.32. The van der Waals surface area contributed by atoms with Gasteiger partial charge in [0.05, 0.1) is 24.0 Å². The Bertz CT molecular complexity index is 713. The van der Waals surface area contributed by atoms with Crippen LogP contribution < -0.4 is 10.6 Å². The van der Waals surface area contributed by atoms with Crippen molar-refractivity contribution in [2.24, 2.45) is 5.92 Å². The molecule has 2 aliphatic rings. The highest BCUT2D eigenvalue weighted by molar-refractivity contribution is 7.91. The molecule has 130 valence electrons. The maximum atomic E-state index is 12.5. The summed E-state index contributed by atoms with van der Waals surface area (Å²) in [7, 11) is -3.03. The van der Waals surface area contributed by atoms with Crippen LogP contribution in [0.4, 0.5) is 0 Å². The maximum Gasteiger partial charge on any atom is 0.239 e. The minimum absolute atomic E-state index is 0.0125. The van der Waals surface area contributed by atoms with Crippen LogP contribution in [-0.2, 0) is 19.4 Å². The molecule has 0 spiro atoms. The fraction of sp³-hybridized carbons (Fsp3) is 0.529. The van der Waals surface area contributed by atoms with Gasteiger partial charge in [-0.2, -0.15) is 0 Å². The van der Waals surface area contributed by atoms with E-state index in [0.29, 0.717) is 12.3 Å². The predicted octanol–water partition coefficient (Wildman–Crippen LogP) is 0.600. The molecule has 24 heavy (non-hydrogen) atoms. The molecule has 2 N–H and O–H groups in total. The summed E-state index contributed by atoms with van der Waals surface area (Å²) in [6.45, 7) is -0.120. The number of benzene rings is 1. The quantitative estimate of drug-likeness (QED) is 0.786. The van der Waals surface area contributed by atoms with Crippen LogP contribution in [0.3, 0.4) is 0 Å². The fourth-order valence-corrected chi connectivity index (χ4v) is 4.87. The van der Waals surface area contributed by atoms with Crippen molar-refractivity contribution in [2.45, 2.75) is 31.2 Å². The monoisotopic (exact) mass is 350 g/mol. The number of carbonyl (C=O) groups excluding carboxylic acids is 2. The second-order valence-electron chi connectivity index (χ2n) is 6.61. The van der Waals surface area contributed by atoms with Crippen molar-refractivity contribution in [1.29, 1.82) is 0 Å². The van der Waals surface area contributed by atoms with Crippen molar-refractivity contribution in [1.82, 2.24) is 10.6 Å². The lowest BCUT2D eigenvalue weighted by Gasteiger charge is -2.17. The van der Waals surface area contributed by atoms with Crippen molar-refractivity contribution in [3.05, 3.63) is 35.9 Å². The van der Waals surface area contributed by atoms with Crippen LogP contribution in [0, 0.1) is 5.92 Å². The van der Waals surface area contributed by atoms with E-state index in [1.54, 1.807) is 0 Å². The van der Waals surface area contributed by atoms with Gasteiger partial charge < -0.3 is 10.6 Å². The van der Waals surface area contributed by atoms with Gasteiger partial charge in [0.2, 0.25) is 11.8 Å². The molecule has 1 heterocycles. The van der Waals surface area contributed by atoms with Crippen LogP contribution in [0.1, 0.15) is 30.7 Å². The normalized spacial score (nSPS) is 23.4. The lowest BCUT2D eigenvalue weighted by molar-refractivity contribution is -0.127. The number of rotatable bonds is 6. The molecule has 1 aliphatic carbocycles. The molecule has 6 nitrogen and oxygen atoms in total. The number of carbonyl (C=O) groups is 2. The first-order chi connectivity index (χ1) is 11.4. The van der Waals surface area contributed by atoms with Gasteiger partial charge >= 0.3 is 0 Å². The van der Waals surface area contributed by atoms with E-state index in [4.69, 9.17) is 0 Å². The molecule has 1 saturated carbocycles. The fourth-order valence-electron chi connectivity index (χ4n) is 3.19. The van der Waals surface area contributed by atoms with Crippen molar-refractivity contribution < 1.29 is 18.0 Å². The molecule has 0 bridgehead atoms. The summed E-state index contributed by atoms with van der Waals surface area (Å²) in [4.78, 5) is 24.4. The van der Waals surface area contributed by atoms with Crippen LogP contribution in [0.25, 0.3) is 0 Å². The molecule has 2 atom stereocenters. The molecule has 1 aromatic carbocycles. The highest BCUT2D eigenvalue weighted by Crippen LogP contribution is 2.42. The molecule has 2 fully saturated rings.